The summed E-state index contributed by atoms with van der Waals surface area (Å²) in [5, 5.41) is 3.74. The van der Waals surface area contributed by atoms with Gasteiger partial charge in [0.15, 0.2) is 5.82 Å². The van der Waals surface area contributed by atoms with Gasteiger partial charge >= 0.3 is 0 Å². The van der Waals surface area contributed by atoms with E-state index in [-0.39, 0.29) is 11.9 Å². The van der Waals surface area contributed by atoms with Gasteiger partial charge < -0.3 is 9.42 Å². The molecule has 116 valence electrons. The van der Waals surface area contributed by atoms with Gasteiger partial charge in [-0.2, -0.15) is 4.98 Å². The molecule has 2 aromatic rings. The van der Waals surface area contributed by atoms with Gasteiger partial charge in [0.1, 0.15) is 0 Å². The van der Waals surface area contributed by atoms with Crippen molar-refractivity contribution in [3.8, 4) is 0 Å². The van der Waals surface area contributed by atoms with E-state index < -0.39 is 0 Å². The van der Waals surface area contributed by atoms with Gasteiger partial charge in [0.2, 0.25) is 11.8 Å². The Labute approximate surface area is 130 Å². The second kappa shape index (κ2) is 6.30. The lowest BCUT2D eigenvalue weighted by molar-refractivity contribution is -0.132. The van der Waals surface area contributed by atoms with Gasteiger partial charge in [-0.3, -0.25) is 4.79 Å². The first-order valence-electron chi connectivity index (χ1n) is 7.75. The minimum atomic E-state index is 0.139. The second-order valence-electron chi connectivity index (χ2n) is 5.91. The third-order valence-corrected chi connectivity index (χ3v) is 4.38. The fraction of sp³-hybridized carbons (Fsp3) is 0.471. The third-order valence-electron chi connectivity index (χ3n) is 4.38. The predicted molar refractivity (Wildman–Crippen MR) is 82.4 cm³/mol. The van der Waals surface area contributed by atoms with Crippen molar-refractivity contribution < 1.29 is 9.32 Å². The molecule has 1 aliphatic carbocycles. The van der Waals surface area contributed by atoms with E-state index in [9.17, 15) is 4.79 Å². The van der Waals surface area contributed by atoms with E-state index in [1.807, 2.05) is 11.9 Å². The molecule has 1 amide bonds. The van der Waals surface area contributed by atoms with Crippen LogP contribution >= 0.6 is 0 Å². The number of amides is 1. The molecular formula is C17H21N3O2. The zero-order chi connectivity index (χ0) is 15.5. The summed E-state index contributed by atoms with van der Waals surface area (Å²) in [5.41, 5.74) is 2.78. The molecule has 5 heteroatoms. The van der Waals surface area contributed by atoms with Crippen LogP contribution in [0.4, 0.5) is 0 Å². The fourth-order valence-electron chi connectivity index (χ4n) is 3.04. The van der Waals surface area contributed by atoms with Crippen molar-refractivity contribution in [1.29, 1.82) is 0 Å². The number of nitrogens with zero attached hydrogens (tertiary/aromatic N) is 3. The Morgan fingerprint density at radius 2 is 2.14 bits per heavy atom. The van der Waals surface area contributed by atoms with Crippen molar-refractivity contribution in [2.24, 2.45) is 0 Å². The summed E-state index contributed by atoms with van der Waals surface area (Å²) in [6.07, 6.45) is 3.93. The predicted octanol–water partition coefficient (Wildman–Crippen LogP) is 2.33. The van der Waals surface area contributed by atoms with Crippen molar-refractivity contribution in [2.45, 2.75) is 45.1 Å². The molecule has 0 N–H and O–H groups in total. The molecule has 0 bridgehead atoms. The Hall–Kier alpha value is -2.17. The largest absolute Gasteiger partial charge is 0.342 e. The number of aryl methyl sites for hydroxylation is 3. The van der Waals surface area contributed by atoms with Crippen LogP contribution in [0.2, 0.25) is 0 Å². The summed E-state index contributed by atoms with van der Waals surface area (Å²) in [5.74, 6) is 1.29. The van der Waals surface area contributed by atoms with Crippen molar-refractivity contribution in [2.75, 3.05) is 7.05 Å². The molecule has 0 fully saturated rings. The Kier molecular flexibility index (Phi) is 4.22. The Morgan fingerprint density at radius 1 is 1.36 bits per heavy atom. The summed E-state index contributed by atoms with van der Waals surface area (Å²) in [7, 11) is 1.90. The molecule has 1 aromatic carbocycles. The maximum atomic E-state index is 12.4. The van der Waals surface area contributed by atoms with Crippen LogP contribution in [0, 0.1) is 6.92 Å². The van der Waals surface area contributed by atoms with Gasteiger partial charge in [-0.1, -0.05) is 29.4 Å². The first-order chi connectivity index (χ1) is 10.6. The lowest BCUT2D eigenvalue weighted by Crippen LogP contribution is -2.40. The van der Waals surface area contributed by atoms with E-state index in [1.54, 1.807) is 6.92 Å². The minimum Gasteiger partial charge on any atom is -0.342 e. The average Bonchev–Trinajstić information content (AvgIpc) is 2.97. The number of carbonyl (C=O) groups excluding carboxylic acids is 1. The van der Waals surface area contributed by atoms with Crippen LogP contribution < -0.4 is 0 Å². The topological polar surface area (TPSA) is 59.2 Å². The van der Waals surface area contributed by atoms with Gasteiger partial charge in [0.05, 0.1) is 0 Å². The number of aromatic nitrogens is 2. The van der Waals surface area contributed by atoms with Crippen molar-refractivity contribution in [3.63, 3.8) is 0 Å². The maximum Gasteiger partial charge on any atom is 0.227 e. The molecule has 1 atom stereocenters. The van der Waals surface area contributed by atoms with Gasteiger partial charge in [-0.05, 0) is 37.3 Å². The highest BCUT2D eigenvalue weighted by Gasteiger charge is 2.24. The van der Waals surface area contributed by atoms with E-state index in [0.717, 1.165) is 19.3 Å². The van der Waals surface area contributed by atoms with Gasteiger partial charge in [-0.15, -0.1) is 0 Å². The smallest absolute Gasteiger partial charge is 0.227 e. The monoisotopic (exact) mass is 299 g/mol. The molecule has 1 aliphatic rings. The van der Waals surface area contributed by atoms with Crippen LogP contribution in [0.1, 0.15) is 35.7 Å². The number of fused-ring (bicyclic) bond motifs is 1. The Balaban J connectivity index is 1.57. The highest BCUT2D eigenvalue weighted by atomic mass is 16.5. The van der Waals surface area contributed by atoms with E-state index in [0.29, 0.717) is 24.6 Å². The highest BCUT2D eigenvalue weighted by molar-refractivity contribution is 5.76. The molecule has 0 aliphatic heterocycles. The fourth-order valence-corrected chi connectivity index (χ4v) is 3.04. The zero-order valence-electron chi connectivity index (χ0n) is 13.1. The summed E-state index contributed by atoms with van der Waals surface area (Å²) in [4.78, 5) is 18.4. The van der Waals surface area contributed by atoms with Gasteiger partial charge in [0, 0.05) is 25.9 Å². The second-order valence-corrected chi connectivity index (χ2v) is 5.91. The van der Waals surface area contributed by atoms with E-state index >= 15 is 0 Å². The normalized spacial score (nSPS) is 17.1. The maximum absolute atomic E-state index is 12.4. The molecule has 22 heavy (non-hydrogen) atoms. The molecule has 0 spiro atoms. The van der Waals surface area contributed by atoms with Crippen molar-refractivity contribution >= 4 is 5.91 Å². The lowest BCUT2D eigenvalue weighted by atomic mass is 9.87. The standard InChI is InChI=1S/C17H21N3O2/c1-12-18-16(22-19-12)9-10-17(21)20(2)15-8-7-13-5-3-4-6-14(13)11-15/h3-6,15H,7-11H2,1-2H3. The van der Waals surface area contributed by atoms with E-state index in [1.165, 1.54) is 11.1 Å². The van der Waals surface area contributed by atoms with Crippen molar-refractivity contribution in [1.82, 2.24) is 15.0 Å². The molecule has 5 nitrogen and oxygen atoms in total. The Bertz CT molecular complexity index is 665. The average molecular weight is 299 g/mol. The zero-order valence-corrected chi connectivity index (χ0v) is 13.1. The van der Waals surface area contributed by atoms with Crippen LogP contribution in [0.25, 0.3) is 0 Å². The molecule has 1 aromatic heterocycles. The van der Waals surface area contributed by atoms with E-state index in [4.69, 9.17) is 4.52 Å². The molecule has 0 saturated heterocycles. The molecular weight excluding hydrogens is 278 g/mol. The SMILES string of the molecule is Cc1noc(CCC(=O)N(C)C2CCc3ccccc3C2)n1. The first kappa shape index (κ1) is 14.8. The first-order valence-corrected chi connectivity index (χ1v) is 7.75. The van der Waals surface area contributed by atoms with Crippen molar-refractivity contribution in [3.05, 3.63) is 47.1 Å². The lowest BCUT2D eigenvalue weighted by Gasteiger charge is -2.32. The van der Waals surface area contributed by atoms with Gasteiger partial charge in [0.25, 0.3) is 0 Å². The molecule has 1 unspecified atom stereocenters. The number of carbonyl (C=O) groups is 1. The van der Waals surface area contributed by atoms with Crippen LogP contribution in [-0.2, 0) is 24.1 Å². The molecule has 0 radical (unpaired) electrons. The summed E-state index contributed by atoms with van der Waals surface area (Å²) < 4.78 is 5.05. The minimum absolute atomic E-state index is 0.139. The molecule has 1 heterocycles. The highest BCUT2D eigenvalue weighted by Crippen LogP contribution is 2.24. The molecule has 0 saturated carbocycles. The quantitative estimate of drug-likeness (QED) is 0.869. The third kappa shape index (κ3) is 3.18. The number of rotatable bonds is 4. The summed E-state index contributed by atoms with van der Waals surface area (Å²) in [6.45, 7) is 1.78. The summed E-state index contributed by atoms with van der Waals surface area (Å²) in [6, 6.07) is 8.79. The number of likely N-dealkylation sites (N-methyl/N-ethyl adjacent to an activating group) is 1. The van der Waals surface area contributed by atoms with Crippen LogP contribution in [-0.4, -0.2) is 34.0 Å². The number of hydrogen-bond donors (Lipinski definition) is 0. The van der Waals surface area contributed by atoms with Crippen LogP contribution in [0.5, 0.6) is 0 Å². The summed E-state index contributed by atoms with van der Waals surface area (Å²) >= 11 is 0. The van der Waals surface area contributed by atoms with Gasteiger partial charge in [-0.25, -0.2) is 0 Å². The van der Waals surface area contributed by atoms with Crippen LogP contribution in [0.15, 0.2) is 28.8 Å². The Morgan fingerprint density at radius 3 is 2.86 bits per heavy atom. The van der Waals surface area contributed by atoms with Crippen LogP contribution in [0.3, 0.4) is 0 Å². The number of benzene rings is 1. The van der Waals surface area contributed by atoms with E-state index in [2.05, 4.69) is 34.4 Å². The molecule has 3 rings (SSSR count). The number of hydrogen-bond acceptors (Lipinski definition) is 4.